The van der Waals surface area contributed by atoms with Gasteiger partial charge in [-0.3, -0.25) is 14.2 Å². The van der Waals surface area contributed by atoms with E-state index in [9.17, 15) is 19.0 Å². The molecule has 500 valence electrons. The maximum Gasteiger partial charge on any atom is 0.306 e. The largest absolute Gasteiger partial charge is 0.756 e. The topological polar surface area (TPSA) is 114 Å². The monoisotopic (exact) mass is 1220 g/mol. The van der Waals surface area contributed by atoms with Crippen LogP contribution in [0.2, 0.25) is 0 Å². The average Bonchev–Trinajstić information content (AvgIpc) is 3.48. The van der Waals surface area contributed by atoms with Gasteiger partial charge < -0.3 is 28.5 Å². The van der Waals surface area contributed by atoms with Crippen LogP contribution in [-0.2, 0) is 27.9 Å². The minimum atomic E-state index is -4.70. The molecule has 0 aromatic carbocycles. The van der Waals surface area contributed by atoms with Gasteiger partial charge in [-0.25, -0.2) is 0 Å². The van der Waals surface area contributed by atoms with Crippen molar-refractivity contribution in [1.29, 1.82) is 0 Å². The summed E-state index contributed by atoms with van der Waals surface area (Å²) in [5.74, 6) is -0.524. The summed E-state index contributed by atoms with van der Waals surface area (Å²) in [6.07, 6.45) is 82.3. The smallest absolute Gasteiger partial charge is 0.306 e. The fourth-order valence-electron chi connectivity index (χ4n) is 11.0. The van der Waals surface area contributed by atoms with E-state index in [0.29, 0.717) is 17.4 Å². The van der Waals surface area contributed by atoms with E-state index in [1.807, 2.05) is 33.3 Å². The molecular weight excluding hydrogens is 1070 g/mol. The van der Waals surface area contributed by atoms with Crippen LogP contribution in [0.25, 0.3) is 0 Å². The first-order valence-electron chi connectivity index (χ1n) is 36.9. The molecule has 0 aliphatic carbocycles. The van der Waals surface area contributed by atoms with E-state index < -0.39 is 20.0 Å². The maximum atomic E-state index is 13.6. The molecule has 0 radical (unpaired) electrons. The van der Waals surface area contributed by atoms with Crippen molar-refractivity contribution < 1.29 is 37.3 Å². The molecule has 1 amide bonds. The van der Waals surface area contributed by atoms with Crippen LogP contribution in [0.1, 0.15) is 367 Å². The summed E-state index contributed by atoms with van der Waals surface area (Å²) in [6.45, 7) is 6.87. The molecule has 10 heteroatoms. The first-order chi connectivity index (χ1) is 41.4. The van der Waals surface area contributed by atoms with Crippen molar-refractivity contribution >= 4 is 19.7 Å². The highest BCUT2D eigenvalue weighted by Gasteiger charge is 2.27. The van der Waals surface area contributed by atoms with Crippen molar-refractivity contribution in [3.63, 3.8) is 0 Å². The third-order valence-corrected chi connectivity index (χ3v) is 17.7. The van der Waals surface area contributed by atoms with Crippen LogP contribution in [0.3, 0.4) is 0 Å². The fourth-order valence-corrected chi connectivity index (χ4v) is 11.7. The first kappa shape index (κ1) is 83.0. The number of unbranched alkanes of at least 4 members (excludes halogenated alkanes) is 46. The Labute approximate surface area is 529 Å². The number of phosphoric acid groups is 1. The number of esters is 1. The number of rotatable bonds is 68. The fraction of sp³-hybridized carbons (Fsp3) is 0.867. The number of likely N-dealkylation sites (N-methyl/N-ethyl adjacent to an activating group) is 1. The zero-order chi connectivity index (χ0) is 62.1. The van der Waals surface area contributed by atoms with Gasteiger partial charge in [-0.15, -0.1) is 0 Å². The lowest BCUT2D eigenvalue weighted by Crippen LogP contribution is -2.47. The molecule has 0 aromatic rings. The van der Waals surface area contributed by atoms with Crippen molar-refractivity contribution in [2.75, 3.05) is 40.9 Å². The Bertz CT molecular complexity index is 1590. The highest BCUT2D eigenvalue weighted by Crippen LogP contribution is 2.38. The highest BCUT2D eigenvalue weighted by molar-refractivity contribution is 7.45. The molecule has 0 heterocycles. The summed E-state index contributed by atoms with van der Waals surface area (Å²) in [7, 11) is 1.20. The molecule has 0 bridgehead atoms. The van der Waals surface area contributed by atoms with Gasteiger partial charge in [0.05, 0.1) is 33.8 Å². The van der Waals surface area contributed by atoms with Gasteiger partial charge >= 0.3 is 5.97 Å². The van der Waals surface area contributed by atoms with E-state index in [1.54, 1.807) is 0 Å². The van der Waals surface area contributed by atoms with E-state index in [2.05, 4.69) is 62.5 Å². The predicted octanol–water partition coefficient (Wildman–Crippen LogP) is 22.9. The third kappa shape index (κ3) is 66.2. The molecule has 85 heavy (non-hydrogen) atoms. The normalized spacial score (nSPS) is 13.7. The second-order valence-corrected chi connectivity index (χ2v) is 27.9. The molecule has 0 rings (SSSR count). The molecule has 0 fully saturated rings. The summed E-state index contributed by atoms with van der Waals surface area (Å²) >= 11 is 0. The van der Waals surface area contributed by atoms with Crippen LogP contribution in [-0.4, -0.2) is 69.4 Å². The molecule has 0 saturated heterocycles. The number of amides is 1. The second-order valence-electron chi connectivity index (χ2n) is 26.4. The number of hydrogen-bond acceptors (Lipinski definition) is 7. The van der Waals surface area contributed by atoms with Gasteiger partial charge in [0, 0.05) is 12.8 Å². The number of carbonyl (C=O) groups is 2. The number of carbonyl (C=O) groups excluding carboxylic acids is 2. The van der Waals surface area contributed by atoms with Crippen molar-refractivity contribution in [1.82, 2.24) is 5.32 Å². The molecule has 3 unspecified atom stereocenters. The molecular formula is C75H143N2O7P. The molecule has 0 aliphatic rings. The number of quaternary nitrogens is 1. The maximum absolute atomic E-state index is 13.6. The van der Waals surface area contributed by atoms with Crippen molar-refractivity contribution in [2.24, 2.45) is 0 Å². The van der Waals surface area contributed by atoms with E-state index in [4.69, 9.17) is 13.8 Å². The number of allylic oxidation sites excluding steroid dienone is 7. The third-order valence-electron chi connectivity index (χ3n) is 16.7. The van der Waals surface area contributed by atoms with Crippen molar-refractivity contribution in [3.8, 4) is 0 Å². The molecule has 0 spiro atoms. The Morgan fingerprint density at radius 1 is 0.412 bits per heavy atom. The Morgan fingerprint density at radius 2 is 0.718 bits per heavy atom. The minimum absolute atomic E-state index is 0.0206. The Balaban J connectivity index is 5.04. The van der Waals surface area contributed by atoms with Crippen LogP contribution in [0.4, 0.5) is 0 Å². The summed E-state index contributed by atoms with van der Waals surface area (Å²) in [5.41, 5.74) is 0. The van der Waals surface area contributed by atoms with Gasteiger partial charge in [-0.1, -0.05) is 314 Å². The van der Waals surface area contributed by atoms with E-state index in [0.717, 1.165) is 64.2 Å². The van der Waals surface area contributed by atoms with Gasteiger partial charge in [0.25, 0.3) is 7.82 Å². The first-order valence-corrected chi connectivity index (χ1v) is 38.4. The number of nitrogens with zero attached hydrogens (tertiary/aromatic N) is 1. The van der Waals surface area contributed by atoms with Crippen LogP contribution < -0.4 is 10.2 Å². The molecule has 1 N–H and O–H groups in total. The van der Waals surface area contributed by atoms with Crippen LogP contribution >= 0.6 is 7.82 Å². The van der Waals surface area contributed by atoms with Crippen LogP contribution in [0.15, 0.2) is 48.6 Å². The molecule has 3 atom stereocenters. The lowest BCUT2D eigenvalue weighted by atomic mass is 10.0. The van der Waals surface area contributed by atoms with Crippen LogP contribution in [0, 0.1) is 0 Å². The number of hydrogen-bond donors (Lipinski definition) is 1. The predicted molar refractivity (Wildman–Crippen MR) is 367 cm³/mol. The molecule has 0 aliphatic heterocycles. The quantitative estimate of drug-likeness (QED) is 0.0212. The summed E-state index contributed by atoms with van der Waals surface area (Å²) in [4.78, 5) is 40.2. The van der Waals surface area contributed by atoms with Crippen molar-refractivity contribution in [3.05, 3.63) is 48.6 Å². The number of ether oxygens (including phenoxy) is 1. The zero-order valence-corrected chi connectivity index (χ0v) is 58.2. The summed E-state index contributed by atoms with van der Waals surface area (Å²) < 4.78 is 30.5. The standard InChI is InChI=1S/C75H143N2O7P/c1-7-10-13-16-19-22-25-28-30-32-34-36-37-38-39-41-43-45-47-50-53-56-59-62-65-68-75(79)84-73(66-63-60-57-54-51-48-27-24-21-18-15-12-9-3)72(71-83-85(80,81)82-70-69-77(4,5)6)76-74(78)67-64-61-58-55-52-49-46-44-42-40-35-33-31-29-26-23-20-17-14-11-8-2/h19,22,28-31,63,66,72-73H,7-18,20-21,23-27,32-62,64-65,67-71H2,1-6H3,(H-,76,78,80,81)/b22-19-,30-28-,31-29+,66-63+. The lowest BCUT2D eigenvalue weighted by Gasteiger charge is -2.30. The van der Waals surface area contributed by atoms with Gasteiger partial charge in [0.15, 0.2) is 0 Å². The van der Waals surface area contributed by atoms with E-state index >= 15 is 0 Å². The minimum Gasteiger partial charge on any atom is -0.756 e. The summed E-state index contributed by atoms with van der Waals surface area (Å²) in [6, 6.07) is -0.888. The highest BCUT2D eigenvalue weighted by atomic mass is 31.2. The lowest BCUT2D eigenvalue weighted by molar-refractivity contribution is -0.870. The second kappa shape index (κ2) is 64.9. The SMILES string of the molecule is CCCCC/C=C\C/C=C\CCCCCCCCCCCCCCCCCC(=O)OC(/C=C/CCCCCCCCCCCCC)C(COP(=O)([O-])OCC[N+](C)(C)C)NC(=O)CCCCCCCCCCCCC/C=C/CCCCCCCC. The van der Waals surface area contributed by atoms with E-state index in [-0.39, 0.29) is 31.5 Å². The summed E-state index contributed by atoms with van der Waals surface area (Å²) in [5, 5.41) is 3.05. The van der Waals surface area contributed by atoms with Gasteiger partial charge in [-0.2, -0.15) is 0 Å². The van der Waals surface area contributed by atoms with Gasteiger partial charge in [0.1, 0.15) is 19.3 Å². The van der Waals surface area contributed by atoms with Gasteiger partial charge in [0.2, 0.25) is 5.91 Å². The van der Waals surface area contributed by atoms with Crippen molar-refractivity contribution in [2.45, 2.75) is 380 Å². The molecule has 0 aromatic heterocycles. The van der Waals surface area contributed by atoms with E-state index in [1.165, 1.54) is 270 Å². The molecule has 9 nitrogen and oxygen atoms in total. The number of nitrogens with one attached hydrogen (secondary N) is 1. The average molecular weight is 1220 g/mol. The molecule has 0 saturated carbocycles. The van der Waals surface area contributed by atoms with Crippen LogP contribution in [0.5, 0.6) is 0 Å². The Hall–Kier alpha value is -2.03. The number of phosphoric ester groups is 1. The Morgan fingerprint density at radius 3 is 1.09 bits per heavy atom. The zero-order valence-electron chi connectivity index (χ0n) is 57.3. The van der Waals surface area contributed by atoms with Gasteiger partial charge in [-0.05, 0) is 89.5 Å². The Kier molecular flexibility index (Phi) is 63.4.